The Hall–Kier alpha value is -1.42. The second-order valence-electron chi connectivity index (χ2n) is 3.19. The van der Waals surface area contributed by atoms with Gasteiger partial charge in [0, 0.05) is 5.56 Å². The van der Waals surface area contributed by atoms with Gasteiger partial charge in [-0.05, 0) is 13.0 Å². The molecule has 3 nitrogen and oxygen atoms in total. The van der Waals surface area contributed by atoms with Gasteiger partial charge in [-0.15, -0.1) is 0 Å². The lowest BCUT2D eigenvalue weighted by molar-refractivity contribution is -0.131. The first-order valence-corrected chi connectivity index (χ1v) is 3.86. The van der Waals surface area contributed by atoms with Crippen molar-refractivity contribution in [3.8, 4) is 0 Å². The van der Waals surface area contributed by atoms with Crippen molar-refractivity contribution >= 4 is 11.6 Å². The van der Waals surface area contributed by atoms with Crippen molar-refractivity contribution in [2.24, 2.45) is 0 Å². The van der Waals surface area contributed by atoms with E-state index in [-0.39, 0.29) is 11.3 Å². The van der Waals surface area contributed by atoms with E-state index in [0.717, 1.165) is 0 Å². The fourth-order valence-corrected chi connectivity index (χ4v) is 1.41. The van der Waals surface area contributed by atoms with Gasteiger partial charge in [0.2, 0.25) is 0 Å². The lowest BCUT2D eigenvalue weighted by Crippen LogP contribution is -2.30. The summed E-state index contributed by atoms with van der Waals surface area (Å²) in [6.45, 7) is 1.34. The molecule has 1 aromatic carbocycles. The Labute approximate surface area is 74.2 Å². The first-order chi connectivity index (χ1) is 6.03. The Morgan fingerprint density at radius 2 is 2.23 bits per heavy atom. The summed E-state index contributed by atoms with van der Waals surface area (Å²) in [5.41, 5.74) is -1.24. The summed E-state index contributed by atoms with van der Waals surface area (Å²) in [7, 11) is 0. The average Bonchev–Trinajstić information content (AvgIpc) is 2.28. The maximum atomic E-state index is 13.1. The summed E-state index contributed by atoms with van der Waals surface area (Å²) in [5, 5.41) is 12.0. The monoisotopic (exact) mass is 181 g/mol. The van der Waals surface area contributed by atoms with E-state index in [2.05, 4.69) is 5.32 Å². The Morgan fingerprint density at radius 1 is 1.54 bits per heavy atom. The standard InChI is InChI=1S/C9H8FNO2/c1-9(13)5-3-2-4-6(10)7(5)11-8(9)12/h2-4,13H,1H3,(H,11,12). The van der Waals surface area contributed by atoms with Crippen molar-refractivity contribution in [1.82, 2.24) is 0 Å². The molecule has 2 rings (SSSR count). The van der Waals surface area contributed by atoms with E-state index >= 15 is 0 Å². The zero-order valence-electron chi connectivity index (χ0n) is 6.97. The van der Waals surface area contributed by atoms with Gasteiger partial charge in [-0.25, -0.2) is 4.39 Å². The molecule has 0 saturated carbocycles. The van der Waals surface area contributed by atoms with Crippen molar-refractivity contribution in [1.29, 1.82) is 0 Å². The van der Waals surface area contributed by atoms with Gasteiger partial charge < -0.3 is 10.4 Å². The highest BCUT2D eigenvalue weighted by Gasteiger charge is 2.41. The minimum Gasteiger partial charge on any atom is -0.375 e. The molecule has 1 atom stereocenters. The van der Waals surface area contributed by atoms with Crippen molar-refractivity contribution in [2.75, 3.05) is 5.32 Å². The Kier molecular flexibility index (Phi) is 1.44. The maximum absolute atomic E-state index is 13.1. The van der Waals surface area contributed by atoms with Crippen molar-refractivity contribution in [3.05, 3.63) is 29.6 Å². The minimum absolute atomic E-state index is 0.0810. The molecule has 13 heavy (non-hydrogen) atoms. The number of nitrogens with one attached hydrogen (secondary N) is 1. The van der Waals surface area contributed by atoms with Crippen LogP contribution in [0.25, 0.3) is 0 Å². The van der Waals surface area contributed by atoms with Crippen molar-refractivity contribution < 1.29 is 14.3 Å². The first-order valence-electron chi connectivity index (χ1n) is 3.86. The van der Waals surface area contributed by atoms with Crippen LogP contribution in [0.4, 0.5) is 10.1 Å². The van der Waals surface area contributed by atoms with Crippen LogP contribution in [0.15, 0.2) is 18.2 Å². The summed E-state index contributed by atoms with van der Waals surface area (Å²) < 4.78 is 13.1. The molecule has 1 amide bonds. The number of fused-ring (bicyclic) bond motifs is 1. The molecule has 0 radical (unpaired) electrons. The summed E-state index contributed by atoms with van der Waals surface area (Å²) in [6, 6.07) is 4.22. The molecule has 68 valence electrons. The molecule has 1 heterocycles. The van der Waals surface area contributed by atoms with Gasteiger partial charge in [0.25, 0.3) is 5.91 Å². The van der Waals surface area contributed by atoms with Gasteiger partial charge in [0.15, 0.2) is 5.60 Å². The molecule has 0 aliphatic carbocycles. The van der Waals surface area contributed by atoms with Crippen molar-refractivity contribution in [3.63, 3.8) is 0 Å². The van der Waals surface area contributed by atoms with Gasteiger partial charge in [-0.3, -0.25) is 4.79 Å². The smallest absolute Gasteiger partial charge is 0.260 e. The Balaban J connectivity index is 2.68. The second kappa shape index (κ2) is 2.29. The number of para-hydroxylation sites is 1. The van der Waals surface area contributed by atoms with E-state index in [1.807, 2.05) is 0 Å². The van der Waals surface area contributed by atoms with Crippen LogP contribution in [0.5, 0.6) is 0 Å². The quantitative estimate of drug-likeness (QED) is 0.627. The molecule has 0 spiro atoms. The van der Waals surface area contributed by atoms with Crippen LogP contribution in [-0.4, -0.2) is 11.0 Å². The number of halogens is 1. The summed E-state index contributed by atoms with van der Waals surface area (Å²) in [5.74, 6) is -1.11. The lowest BCUT2D eigenvalue weighted by atomic mass is 9.98. The minimum atomic E-state index is -1.61. The molecule has 0 aromatic heterocycles. The Bertz CT molecular complexity index is 387. The predicted molar refractivity (Wildman–Crippen MR) is 44.6 cm³/mol. The number of anilines is 1. The van der Waals surface area contributed by atoms with Gasteiger partial charge in [-0.2, -0.15) is 0 Å². The van der Waals surface area contributed by atoms with E-state index in [1.54, 1.807) is 0 Å². The fourth-order valence-electron chi connectivity index (χ4n) is 1.41. The topological polar surface area (TPSA) is 49.3 Å². The number of rotatable bonds is 0. The predicted octanol–water partition coefficient (Wildman–Crippen LogP) is 0.985. The SMILES string of the molecule is CC1(O)C(=O)Nc2c(F)cccc21. The fraction of sp³-hybridized carbons (Fsp3) is 0.222. The van der Waals surface area contributed by atoms with E-state index in [0.29, 0.717) is 0 Å². The molecule has 1 aromatic rings. The van der Waals surface area contributed by atoms with Crippen LogP contribution in [0.2, 0.25) is 0 Å². The number of hydrogen-bond donors (Lipinski definition) is 2. The number of carbonyl (C=O) groups excluding carboxylic acids is 1. The molecule has 4 heteroatoms. The van der Waals surface area contributed by atoms with E-state index in [9.17, 15) is 14.3 Å². The Morgan fingerprint density at radius 3 is 2.85 bits per heavy atom. The zero-order chi connectivity index (χ0) is 9.64. The first kappa shape index (κ1) is 8.19. The molecular weight excluding hydrogens is 173 g/mol. The number of benzene rings is 1. The van der Waals surface area contributed by atoms with Crippen LogP contribution in [-0.2, 0) is 10.4 Å². The summed E-state index contributed by atoms with van der Waals surface area (Å²) >= 11 is 0. The van der Waals surface area contributed by atoms with Gasteiger partial charge in [0.05, 0.1) is 5.69 Å². The third-order valence-corrected chi connectivity index (χ3v) is 2.22. The van der Waals surface area contributed by atoms with Crippen LogP contribution in [0, 0.1) is 5.82 Å². The molecular formula is C9H8FNO2. The van der Waals surface area contributed by atoms with E-state index < -0.39 is 17.3 Å². The normalized spacial score (nSPS) is 25.6. The highest BCUT2D eigenvalue weighted by atomic mass is 19.1. The summed E-state index contributed by atoms with van der Waals surface area (Å²) in [6.07, 6.45) is 0. The van der Waals surface area contributed by atoms with Crippen LogP contribution in [0.1, 0.15) is 12.5 Å². The number of aliphatic hydroxyl groups is 1. The van der Waals surface area contributed by atoms with Gasteiger partial charge in [-0.1, -0.05) is 12.1 Å². The van der Waals surface area contributed by atoms with Crippen LogP contribution < -0.4 is 5.32 Å². The third kappa shape index (κ3) is 0.954. The molecule has 0 fully saturated rings. The molecule has 0 bridgehead atoms. The number of amides is 1. The molecule has 1 unspecified atom stereocenters. The third-order valence-electron chi connectivity index (χ3n) is 2.22. The van der Waals surface area contributed by atoms with E-state index in [1.165, 1.54) is 25.1 Å². The zero-order valence-corrected chi connectivity index (χ0v) is 6.97. The largest absolute Gasteiger partial charge is 0.375 e. The van der Waals surface area contributed by atoms with E-state index in [4.69, 9.17) is 0 Å². The maximum Gasteiger partial charge on any atom is 0.260 e. The van der Waals surface area contributed by atoms with Gasteiger partial charge in [0.1, 0.15) is 5.82 Å². The second-order valence-corrected chi connectivity index (χ2v) is 3.19. The molecule has 2 N–H and O–H groups in total. The van der Waals surface area contributed by atoms with Crippen molar-refractivity contribution in [2.45, 2.75) is 12.5 Å². The summed E-state index contributed by atoms with van der Waals surface area (Å²) in [4.78, 5) is 11.2. The van der Waals surface area contributed by atoms with Gasteiger partial charge >= 0.3 is 0 Å². The number of carbonyl (C=O) groups is 1. The lowest BCUT2D eigenvalue weighted by Gasteiger charge is -2.12. The number of hydrogen-bond acceptors (Lipinski definition) is 2. The highest BCUT2D eigenvalue weighted by Crippen LogP contribution is 2.36. The average molecular weight is 181 g/mol. The highest BCUT2D eigenvalue weighted by molar-refractivity contribution is 6.04. The molecule has 0 saturated heterocycles. The van der Waals surface area contributed by atoms with Crippen LogP contribution in [0.3, 0.4) is 0 Å². The van der Waals surface area contributed by atoms with Crippen LogP contribution >= 0.6 is 0 Å². The molecule has 1 aliphatic rings. The molecule has 1 aliphatic heterocycles.